The molecule has 1 atom stereocenters. The summed E-state index contributed by atoms with van der Waals surface area (Å²) in [5.74, 6) is -1.70. The zero-order valence-electron chi connectivity index (χ0n) is 9.46. The molecule has 0 bridgehead atoms. The van der Waals surface area contributed by atoms with Crippen LogP contribution in [0.2, 0.25) is 0 Å². The second-order valence-corrected chi connectivity index (χ2v) is 6.18. The standard InChI is InChI=1S/C9H15NO6S/c1-17(14,15)5-2-8(11)10-3-4-16-7(6-10)9(12)13/h7H,2-6H2,1H3,(H,12,13). The van der Waals surface area contributed by atoms with E-state index in [0.29, 0.717) is 6.54 Å². The van der Waals surface area contributed by atoms with E-state index in [0.717, 1.165) is 6.26 Å². The quantitative estimate of drug-likeness (QED) is 0.680. The molecule has 1 saturated heterocycles. The van der Waals surface area contributed by atoms with Crippen LogP contribution in [0, 0.1) is 0 Å². The van der Waals surface area contributed by atoms with Gasteiger partial charge in [0.2, 0.25) is 5.91 Å². The Bertz CT molecular complexity index is 404. The van der Waals surface area contributed by atoms with Gasteiger partial charge in [0.1, 0.15) is 9.84 Å². The third kappa shape index (κ3) is 4.70. The second kappa shape index (κ2) is 5.46. The van der Waals surface area contributed by atoms with E-state index in [4.69, 9.17) is 9.84 Å². The van der Waals surface area contributed by atoms with Crippen LogP contribution in [-0.2, 0) is 24.2 Å². The molecule has 1 unspecified atom stereocenters. The van der Waals surface area contributed by atoms with Crippen LogP contribution in [0.25, 0.3) is 0 Å². The number of sulfone groups is 1. The van der Waals surface area contributed by atoms with Gasteiger partial charge in [0, 0.05) is 19.2 Å². The maximum absolute atomic E-state index is 11.6. The average Bonchev–Trinajstić information content (AvgIpc) is 2.25. The lowest BCUT2D eigenvalue weighted by Gasteiger charge is -2.30. The van der Waals surface area contributed by atoms with Crippen LogP contribution in [0.4, 0.5) is 0 Å². The number of ether oxygens (including phenoxy) is 1. The highest BCUT2D eigenvalue weighted by Gasteiger charge is 2.28. The van der Waals surface area contributed by atoms with Crippen molar-refractivity contribution in [2.75, 3.05) is 31.7 Å². The minimum Gasteiger partial charge on any atom is -0.479 e. The highest BCUT2D eigenvalue weighted by atomic mass is 32.2. The molecule has 1 heterocycles. The molecule has 1 amide bonds. The normalized spacial score (nSPS) is 21.2. The summed E-state index contributed by atoms with van der Waals surface area (Å²) in [6, 6.07) is 0. The van der Waals surface area contributed by atoms with E-state index < -0.39 is 21.9 Å². The van der Waals surface area contributed by atoms with Crippen molar-refractivity contribution in [3.8, 4) is 0 Å². The van der Waals surface area contributed by atoms with Crippen molar-refractivity contribution in [3.63, 3.8) is 0 Å². The van der Waals surface area contributed by atoms with Crippen LogP contribution in [0.15, 0.2) is 0 Å². The molecule has 1 aliphatic heterocycles. The van der Waals surface area contributed by atoms with E-state index in [-0.39, 0.29) is 31.2 Å². The van der Waals surface area contributed by atoms with Crippen molar-refractivity contribution in [3.05, 3.63) is 0 Å². The Hall–Kier alpha value is -1.15. The molecular weight excluding hydrogens is 250 g/mol. The smallest absolute Gasteiger partial charge is 0.334 e. The van der Waals surface area contributed by atoms with Crippen molar-refractivity contribution in [2.24, 2.45) is 0 Å². The molecular formula is C9H15NO6S. The Kier molecular flexibility index (Phi) is 4.47. The van der Waals surface area contributed by atoms with Gasteiger partial charge in [0.15, 0.2) is 6.10 Å². The third-order valence-electron chi connectivity index (χ3n) is 2.38. The number of carbonyl (C=O) groups excluding carboxylic acids is 1. The molecule has 17 heavy (non-hydrogen) atoms. The van der Waals surface area contributed by atoms with Gasteiger partial charge in [-0.1, -0.05) is 0 Å². The lowest BCUT2D eigenvalue weighted by atomic mass is 10.2. The second-order valence-electron chi connectivity index (χ2n) is 3.92. The van der Waals surface area contributed by atoms with Crippen LogP contribution < -0.4 is 0 Å². The zero-order valence-corrected chi connectivity index (χ0v) is 10.3. The summed E-state index contributed by atoms with van der Waals surface area (Å²) in [5, 5.41) is 8.74. The number of amides is 1. The van der Waals surface area contributed by atoms with Crippen molar-refractivity contribution >= 4 is 21.7 Å². The Morgan fingerprint density at radius 2 is 2.12 bits per heavy atom. The number of carbonyl (C=O) groups is 2. The van der Waals surface area contributed by atoms with Gasteiger partial charge in [-0.3, -0.25) is 4.79 Å². The van der Waals surface area contributed by atoms with Crippen LogP contribution in [0.1, 0.15) is 6.42 Å². The van der Waals surface area contributed by atoms with Crippen LogP contribution in [0.5, 0.6) is 0 Å². The van der Waals surface area contributed by atoms with Gasteiger partial charge in [-0.25, -0.2) is 13.2 Å². The first-order valence-corrected chi connectivity index (χ1v) is 7.15. The van der Waals surface area contributed by atoms with Crippen molar-refractivity contribution in [2.45, 2.75) is 12.5 Å². The molecule has 0 radical (unpaired) electrons. The van der Waals surface area contributed by atoms with Crippen LogP contribution in [0.3, 0.4) is 0 Å². The summed E-state index contributed by atoms with van der Waals surface area (Å²) in [4.78, 5) is 23.6. The first-order chi connectivity index (χ1) is 7.79. The summed E-state index contributed by atoms with van der Waals surface area (Å²) in [7, 11) is -3.18. The fourth-order valence-corrected chi connectivity index (χ4v) is 2.00. The number of aliphatic carboxylic acids is 1. The number of nitrogens with zero attached hydrogens (tertiary/aromatic N) is 1. The van der Waals surface area contributed by atoms with Gasteiger partial charge < -0.3 is 14.7 Å². The number of rotatable bonds is 4. The fraction of sp³-hybridized carbons (Fsp3) is 0.778. The summed E-state index contributed by atoms with van der Waals surface area (Å²) >= 11 is 0. The highest BCUT2D eigenvalue weighted by molar-refractivity contribution is 7.90. The lowest BCUT2D eigenvalue weighted by molar-refractivity contribution is -0.159. The molecule has 0 aromatic rings. The predicted octanol–water partition coefficient (Wildman–Crippen LogP) is -1.27. The number of carboxylic acids is 1. The van der Waals surface area contributed by atoms with Crippen molar-refractivity contribution in [1.82, 2.24) is 4.90 Å². The van der Waals surface area contributed by atoms with E-state index >= 15 is 0 Å². The average molecular weight is 265 g/mol. The first kappa shape index (κ1) is 13.9. The monoisotopic (exact) mass is 265 g/mol. The van der Waals surface area contributed by atoms with E-state index in [2.05, 4.69) is 0 Å². The Morgan fingerprint density at radius 1 is 1.47 bits per heavy atom. The van der Waals surface area contributed by atoms with Crippen molar-refractivity contribution in [1.29, 1.82) is 0 Å². The lowest BCUT2D eigenvalue weighted by Crippen LogP contribution is -2.48. The predicted molar refractivity (Wildman–Crippen MR) is 58.3 cm³/mol. The molecule has 98 valence electrons. The SMILES string of the molecule is CS(=O)(=O)CCC(=O)N1CCOC(C(=O)O)C1. The molecule has 8 heteroatoms. The van der Waals surface area contributed by atoms with E-state index in [1.54, 1.807) is 0 Å². The van der Waals surface area contributed by atoms with Crippen molar-refractivity contribution < 1.29 is 27.9 Å². The van der Waals surface area contributed by atoms with Gasteiger partial charge in [0.05, 0.1) is 18.9 Å². The van der Waals surface area contributed by atoms with Gasteiger partial charge in [-0.05, 0) is 0 Å². The van der Waals surface area contributed by atoms with Crippen LogP contribution in [-0.4, -0.2) is 68.1 Å². The summed E-state index contributed by atoms with van der Waals surface area (Å²) in [5.41, 5.74) is 0. The Balaban J connectivity index is 2.49. The van der Waals surface area contributed by atoms with E-state index in [1.165, 1.54) is 4.90 Å². The fourth-order valence-electron chi connectivity index (χ4n) is 1.46. The molecule has 0 aromatic heterocycles. The van der Waals surface area contributed by atoms with Gasteiger partial charge in [-0.2, -0.15) is 0 Å². The Morgan fingerprint density at radius 3 is 2.65 bits per heavy atom. The molecule has 1 aliphatic rings. The topological polar surface area (TPSA) is 101 Å². The van der Waals surface area contributed by atoms with E-state index in [1.807, 2.05) is 0 Å². The Labute approximate surface area is 99.3 Å². The van der Waals surface area contributed by atoms with E-state index in [9.17, 15) is 18.0 Å². The number of hydrogen-bond donors (Lipinski definition) is 1. The van der Waals surface area contributed by atoms with Gasteiger partial charge >= 0.3 is 5.97 Å². The van der Waals surface area contributed by atoms with Gasteiger partial charge in [0.25, 0.3) is 0 Å². The molecule has 0 spiro atoms. The molecule has 1 fully saturated rings. The van der Waals surface area contributed by atoms with Gasteiger partial charge in [-0.15, -0.1) is 0 Å². The number of carboxylic acid groups (broad SMARTS) is 1. The zero-order chi connectivity index (χ0) is 13.1. The first-order valence-electron chi connectivity index (χ1n) is 5.09. The molecule has 1 rings (SSSR count). The summed E-state index contributed by atoms with van der Waals surface area (Å²) in [6.07, 6.45) is -0.0869. The largest absolute Gasteiger partial charge is 0.479 e. The third-order valence-corrected chi connectivity index (χ3v) is 3.33. The van der Waals surface area contributed by atoms with Crippen LogP contribution >= 0.6 is 0 Å². The molecule has 0 saturated carbocycles. The summed E-state index contributed by atoms with van der Waals surface area (Å²) in [6.45, 7) is 0.423. The number of hydrogen-bond acceptors (Lipinski definition) is 5. The molecule has 7 nitrogen and oxygen atoms in total. The minimum absolute atomic E-state index is 0.0298. The molecule has 0 aliphatic carbocycles. The minimum atomic E-state index is -3.18. The maximum atomic E-state index is 11.6. The molecule has 1 N–H and O–H groups in total. The highest BCUT2D eigenvalue weighted by Crippen LogP contribution is 2.07. The number of morpholine rings is 1. The summed E-state index contributed by atoms with van der Waals surface area (Å²) < 4.78 is 26.8. The maximum Gasteiger partial charge on any atom is 0.334 e. The molecule has 0 aromatic carbocycles.